The quantitative estimate of drug-likeness (QED) is 0.721. The van der Waals surface area contributed by atoms with Crippen LogP contribution in [-0.4, -0.2) is 43.8 Å². The molecule has 1 aromatic carbocycles. The summed E-state index contributed by atoms with van der Waals surface area (Å²) in [4.78, 5) is 31.6. The third-order valence-electron chi connectivity index (χ3n) is 4.72. The van der Waals surface area contributed by atoms with E-state index in [1.54, 1.807) is 6.20 Å². The molecular formula is C21H27N5O. The van der Waals surface area contributed by atoms with Crippen molar-refractivity contribution in [2.45, 2.75) is 47.0 Å². The highest BCUT2D eigenvalue weighted by molar-refractivity contribution is 5.94. The van der Waals surface area contributed by atoms with Gasteiger partial charge in [-0.2, -0.15) is 0 Å². The molecule has 0 radical (unpaired) electrons. The zero-order chi connectivity index (χ0) is 19.6. The van der Waals surface area contributed by atoms with Gasteiger partial charge in [-0.15, -0.1) is 0 Å². The molecule has 2 aromatic heterocycles. The standard InChI is InChI=1S/C21H27N5O/c1-6-26(21(27)16-12-22-20(13(2)3)23-15(16)5)10-9-19-24-17-8-7-14(4)11-18(17)25-19/h7-8,11-13H,6,9-10H2,1-5H3,(H,24,25). The van der Waals surface area contributed by atoms with Crippen LogP contribution in [0.1, 0.15) is 60.0 Å². The molecule has 2 heterocycles. The zero-order valence-electron chi connectivity index (χ0n) is 16.7. The van der Waals surface area contributed by atoms with E-state index in [-0.39, 0.29) is 11.8 Å². The molecule has 0 atom stereocenters. The van der Waals surface area contributed by atoms with E-state index in [0.717, 1.165) is 28.4 Å². The van der Waals surface area contributed by atoms with E-state index < -0.39 is 0 Å². The molecule has 0 saturated carbocycles. The number of aromatic nitrogens is 4. The third kappa shape index (κ3) is 4.15. The lowest BCUT2D eigenvalue weighted by Crippen LogP contribution is -2.33. The van der Waals surface area contributed by atoms with Gasteiger partial charge in [-0.1, -0.05) is 19.9 Å². The number of fused-ring (bicyclic) bond motifs is 1. The molecule has 6 nitrogen and oxygen atoms in total. The highest BCUT2D eigenvalue weighted by Gasteiger charge is 2.19. The molecule has 0 saturated heterocycles. The maximum absolute atomic E-state index is 12.9. The van der Waals surface area contributed by atoms with E-state index >= 15 is 0 Å². The minimum Gasteiger partial charge on any atom is -0.342 e. The topological polar surface area (TPSA) is 74.8 Å². The van der Waals surface area contributed by atoms with Crippen LogP contribution in [0.3, 0.4) is 0 Å². The number of hydrogen-bond donors (Lipinski definition) is 1. The summed E-state index contributed by atoms with van der Waals surface area (Å²) in [6.07, 6.45) is 2.34. The number of nitrogens with one attached hydrogen (secondary N) is 1. The first-order valence-corrected chi connectivity index (χ1v) is 9.47. The number of carbonyl (C=O) groups is 1. The number of imidazole rings is 1. The number of aryl methyl sites for hydroxylation is 2. The summed E-state index contributed by atoms with van der Waals surface area (Å²) < 4.78 is 0. The number of nitrogens with zero attached hydrogens (tertiary/aromatic N) is 4. The van der Waals surface area contributed by atoms with Gasteiger partial charge in [0.25, 0.3) is 5.91 Å². The molecule has 1 N–H and O–H groups in total. The van der Waals surface area contributed by atoms with Gasteiger partial charge in [0.1, 0.15) is 11.6 Å². The summed E-state index contributed by atoms with van der Waals surface area (Å²) in [5, 5.41) is 0. The highest BCUT2D eigenvalue weighted by Crippen LogP contribution is 2.16. The Morgan fingerprint density at radius 3 is 2.67 bits per heavy atom. The summed E-state index contributed by atoms with van der Waals surface area (Å²) in [5.74, 6) is 1.87. The predicted octanol–water partition coefficient (Wildman–Crippen LogP) is 3.80. The average molecular weight is 365 g/mol. The molecule has 3 aromatic rings. The van der Waals surface area contributed by atoms with Crippen molar-refractivity contribution in [2.24, 2.45) is 0 Å². The Morgan fingerprint density at radius 2 is 2.00 bits per heavy atom. The first-order chi connectivity index (χ1) is 12.9. The van der Waals surface area contributed by atoms with Crippen molar-refractivity contribution in [1.82, 2.24) is 24.8 Å². The van der Waals surface area contributed by atoms with Crippen molar-refractivity contribution in [1.29, 1.82) is 0 Å². The number of benzene rings is 1. The average Bonchev–Trinajstić information content (AvgIpc) is 3.03. The summed E-state index contributed by atoms with van der Waals surface area (Å²) in [7, 11) is 0. The van der Waals surface area contributed by atoms with Gasteiger partial charge in [-0.25, -0.2) is 15.0 Å². The monoisotopic (exact) mass is 365 g/mol. The highest BCUT2D eigenvalue weighted by atomic mass is 16.2. The van der Waals surface area contributed by atoms with E-state index in [9.17, 15) is 4.79 Å². The fourth-order valence-electron chi connectivity index (χ4n) is 3.08. The van der Waals surface area contributed by atoms with Crippen molar-refractivity contribution >= 4 is 16.9 Å². The van der Waals surface area contributed by atoms with Gasteiger partial charge in [0.15, 0.2) is 0 Å². The number of amides is 1. The van der Waals surface area contributed by atoms with E-state index in [1.165, 1.54) is 5.56 Å². The van der Waals surface area contributed by atoms with Crippen LogP contribution in [0, 0.1) is 13.8 Å². The Labute approximate surface area is 160 Å². The minimum absolute atomic E-state index is 0.0303. The molecule has 27 heavy (non-hydrogen) atoms. The van der Waals surface area contributed by atoms with E-state index in [4.69, 9.17) is 0 Å². The summed E-state index contributed by atoms with van der Waals surface area (Å²) in [6.45, 7) is 11.2. The van der Waals surface area contributed by atoms with Gasteiger partial charge >= 0.3 is 0 Å². The van der Waals surface area contributed by atoms with Gasteiger partial charge in [0, 0.05) is 31.6 Å². The van der Waals surface area contributed by atoms with Crippen molar-refractivity contribution in [3.8, 4) is 0 Å². The number of aromatic amines is 1. The van der Waals surface area contributed by atoms with Crippen LogP contribution in [0.2, 0.25) is 0 Å². The molecule has 1 amide bonds. The smallest absolute Gasteiger partial charge is 0.257 e. The van der Waals surface area contributed by atoms with Crippen LogP contribution >= 0.6 is 0 Å². The fourth-order valence-corrected chi connectivity index (χ4v) is 3.08. The maximum Gasteiger partial charge on any atom is 0.257 e. The Bertz CT molecular complexity index is 960. The number of carbonyl (C=O) groups excluding carboxylic acids is 1. The van der Waals surface area contributed by atoms with Crippen LogP contribution in [0.25, 0.3) is 11.0 Å². The second-order valence-electron chi connectivity index (χ2n) is 7.22. The summed E-state index contributed by atoms with van der Waals surface area (Å²) in [5.41, 5.74) is 4.49. The summed E-state index contributed by atoms with van der Waals surface area (Å²) >= 11 is 0. The Hall–Kier alpha value is -2.76. The molecule has 0 aliphatic carbocycles. The first kappa shape index (κ1) is 19.0. The van der Waals surface area contributed by atoms with E-state index in [1.807, 2.05) is 38.7 Å². The molecule has 142 valence electrons. The molecule has 0 unspecified atom stereocenters. The van der Waals surface area contributed by atoms with Crippen molar-refractivity contribution < 1.29 is 4.79 Å². The molecule has 0 aliphatic heterocycles. The zero-order valence-corrected chi connectivity index (χ0v) is 16.7. The van der Waals surface area contributed by atoms with Gasteiger partial charge in [0.05, 0.1) is 22.3 Å². The van der Waals surface area contributed by atoms with Gasteiger partial charge in [0.2, 0.25) is 0 Å². The lowest BCUT2D eigenvalue weighted by atomic mass is 10.1. The Balaban J connectivity index is 1.73. The summed E-state index contributed by atoms with van der Waals surface area (Å²) in [6, 6.07) is 6.16. The second kappa shape index (κ2) is 7.86. The molecule has 0 fully saturated rings. The van der Waals surface area contributed by atoms with Crippen LogP contribution in [0.15, 0.2) is 24.4 Å². The largest absolute Gasteiger partial charge is 0.342 e. The van der Waals surface area contributed by atoms with Crippen LogP contribution in [-0.2, 0) is 6.42 Å². The van der Waals surface area contributed by atoms with Gasteiger partial charge in [-0.05, 0) is 38.5 Å². The number of hydrogen-bond acceptors (Lipinski definition) is 4. The Kier molecular flexibility index (Phi) is 5.54. The molecule has 6 heteroatoms. The second-order valence-corrected chi connectivity index (χ2v) is 7.22. The van der Waals surface area contributed by atoms with E-state index in [2.05, 4.69) is 39.0 Å². The number of H-pyrrole nitrogens is 1. The van der Waals surface area contributed by atoms with Crippen molar-refractivity contribution in [3.63, 3.8) is 0 Å². The molecular weight excluding hydrogens is 338 g/mol. The molecule has 0 bridgehead atoms. The first-order valence-electron chi connectivity index (χ1n) is 9.47. The molecule has 3 rings (SSSR count). The van der Waals surface area contributed by atoms with Crippen molar-refractivity contribution in [2.75, 3.05) is 13.1 Å². The third-order valence-corrected chi connectivity index (χ3v) is 4.72. The van der Waals surface area contributed by atoms with Gasteiger partial charge < -0.3 is 9.88 Å². The van der Waals surface area contributed by atoms with Crippen LogP contribution in [0.5, 0.6) is 0 Å². The van der Waals surface area contributed by atoms with Crippen LogP contribution < -0.4 is 0 Å². The van der Waals surface area contributed by atoms with E-state index in [0.29, 0.717) is 25.1 Å². The van der Waals surface area contributed by atoms with Crippen LogP contribution in [0.4, 0.5) is 0 Å². The predicted molar refractivity (Wildman–Crippen MR) is 107 cm³/mol. The molecule has 0 aliphatic rings. The molecule has 0 spiro atoms. The minimum atomic E-state index is -0.0303. The lowest BCUT2D eigenvalue weighted by Gasteiger charge is -2.21. The SMILES string of the molecule is CCN(CCc1nc2ccc(C)cc2[nH]1)C(=O)c1cnc(C(C)C)nc1C. The fraction of sp³-hybridized carbons (Fsp3) is 0.429. The maximum atomic E-state index is 12.9. The number of likely N-dealkylation sites (N-methyl/N-ethyl adjacent to an activating group) is 1. The van der Waals surface area contributed by atoms with Gasteiger partial charge in [-0.3, -0.25) is 4.79 Å². The van der Waals surface area contributed by atoms with Crippen molar-refractivity contribution in [3.05, 3.63) is 52.9 Å². The Morgan fingerprint density at radius 1 is 1.22 bits per heavy atom. The normalized spacial score (nSPS) is 11.3. The number of rotatable bonds is 6. The lowest BCUT2D eigenvalue weighted by molar-refractivity contribution is 0.0764.